The van der Waals surface area contributed by atoms with Gasteiger partial charge >= 0.3 is 0 Å². The van der Waals surface area contributed by atoms with Crippen LogP contribution in [0.15, 0.2) is 4.52 Å². The van der Waals surface area contributed by atoms with E-state index in [4.69, 9.17) is 9.26 Å². The second-order valence-corrected chi connectivity index (χ2v) is 6.56. The molecule has 1 aromatic heterocycles. The standard InChI is InChI=1S/C16H27N3O2/c1-17-13(12-7-3-4-8-12)11-14-18-15(19-21-14)16(20-2)9-5-6-10-16/h12-13,17H,3-11H2,1-2H3. The van der Waals surface area contributed by atoms with Gasteiger partial charge < -0.3 is 14.6 Å². The fourth-order valence-electron chi connectivity index (χ4n) is 4.04. The summed E-state index contributed by atoms with van der Waals surface area (Å²) >= 11 is 0. The quantitative estimate of drug-likeness (QED) is 0.874. The molecule has 1 heterocycles. The summed E-state index contributed by atoms with van der Waals surface area (Å²) in [4.78, 5) is 4.65. The molecule has 0 saturated heterocycles. The molecule has 118 valence electrons. The van der Waals surface area contributed by atoms with Gasteiger partial charge in [-0.15, -0.1) is 0 Å². The summed E-state index contributed by atoms with van der Waals surface area (Å²) in [6.45, 7) is 0. The van der Waals surface area contributed by atoms with Gasteiger partial charge in [-0.25, -0.2) is 0 Å². The average molecular weight is 293 g/mol. The number of hydrogen-bond donors (Lipinski definition) is 1. The third-order valence-corrected chi connectivity index (χ3v) is 5.41. The van der Waals surface area contributed by atoms with Gasteiger partial charge in [0.2, 0.25) is 11.7 Å². The molecule has 3 rings (SSSR count). The van der Waals surface area contributed by atoms with E-state index in [0.717, 1.165) is 36.9 Å². The molecule has 0 bridgehead atoms. The predicted octanol–water partition coefficient (Wildman–Crippen LogP) is 2.81. The molecule has 1 aromatic rings. The first-order valence-electron chi connectivity index (χ1n) is 8.33. The fourth-order valence-corrected chi connectivity index (χ4v) is 4.04. The second kappa shape index (κ2) is 6.44. The van der Waals surface area contributed by atoms with Gasteiger partial charge in [0.05, 0.1) is 0 Å². The number of likely N-dealkylation sites (N-methyl/N-ethyl adjacent to an activating group) is 1. The Balaban J connectivity index is 1.69. The first kappa shape index (κ1) is 15.0. The summed E-state index contributed by atoms with van der Waals surface area (Å²) in [7, 11) is 3.80. The molecule has 1 unspecified atom stereocenters. The average Bonchev–Trinajstić information content (AvgIpc) is 3.24. The molecule has 0 amide bonds. The summed E-state index contributed by atoms with van der Waals surface area (Å²) in [5.74, 6) is 2.24. The van der Waals surface area contributed by atoms with Crippen molar-refractivity contribution in [3.8, 4) is 0 Å². The predicted molar refractivity (Wildman–Crippen MR) is 80.0 cm³/mol. The minimum Gasteiger partial charge on any atom is -0.370 e. The summed E-state index contributed by atoms with van der Waals surface area (Å²) < 4.78 is 11.2. The Morgan fingerprint density at radius 1 is 1.29 bits per heavy atom. The monoisotopic (exact) mass is 293 g/mol. The molecule has 5 nitrogen and oxygen atoms in total. The van der Waals surface area contributed by atoms with Crippen LogP contribution in [0.3, 0.4) is 0 Å². The van der Waals surface area contributed by atoms with E-state index in [1.807, 2.05) is 7.05 Å². The second-order valence-electron chi connectivity index (χ2n) is 6.56. The van der Waals surface area contributed by atoms with Gasteiger partial charge in [0.25, 0.3) is 0 Å². The zero-order valence-corrected chi connectivity index (χ0v) is 13.2. The lowest BCUT2D eigenvalue weighted by atomic mass is 9.95. The largest absolute Gasteiger partial charge is 0.370 e. The number of aromatic nitrogens is 2. The van der Waals surface area contributed by atoms with Crippen LogP contribution in [0.4, 0.5) is 0 Å². The van der Waals surface area contributed by atoms with Crippen molar-refractivity contribution < 1.29 is 9.26 Å². The van der Waals surface area contributed by atoms with Crippen molar-refractivity contribution in [3.05, 3.63) is 11.7 Å². The summed E-state index contributed by atoms with van der Waals surface area (Å²) in [5.41, 5.74) is -0.301. The van der Waals surface area contributed by atoms with E-state index < -0.39 is 0 Å². The number of ether oxygens (including phenoxy) is 1. The lowest BCUT2D eigenvalue weighted by Gasteiger charge is -2.23. The van der Waals surface area contributed by atoms with Crippen LogP contribution in [0.1, 0.15) is 63.1 Å². The van der Waals surface area contributed by atoms with E-state index in [9.17, 15) is 0 Å². The van der Waals surface area contributed by atoms with E-state index in [2.05, 4.69) is 15.5 Å². The van der Waals surface area contributed by atoms with Crippen LogP contribution < -0.4 is 5.32 Å². The molecule has 1 N–H and O–H groups in total. The lowest BCUT2D eigenvalue weighted by molar-refractivity contribution is -0.0178. The first-order valence-corrected chi connectivity index (χ1v) is 8.33. The third-order valence-electron chi connectivity index (χ3n) is 5.41. The number of nitrogens with zero attached hydrogens (tertiary/aromatic N) is 2. The van der Waals surface area contributed by atoms with Gasteiger partial charge in [-0.3, -0.25) is 0 Å². The molecule has 0 aromatic carbocycles. The van der Waals surface area contributed by atoms with E-state index >= 15 is 0 Å². The highest BCUT2D eigenvalue weighted by molar-refractivity contribution is 5.05. The van der Waals surface area contributed by atoms with Crippen LogP contribution in [0.5, 0.6) is 0 Å². The van der Waals surface area contributed by atoms with Crippen molar-refractivity contribution in [3.63, 3.8) is 0 Å². The molecule has 2 fully saturated rings. The lowest BCUT2D eigenvalue weighted by Crippen LogP contribution is -2.34. The molecule has 0 spiro atoms. The van der Waals surface area contributed by atoms with Crippen molar-refractivity contribution in [1.82, 2.24) is 15.5 Å². The van der Waals surface area contributed by atoms with E-state index in [0.29, 0.717) is 6.04 Å². The zero-order valence-electron chi connectivity index (χ0n) is 13.2. The van der Waals surface area contributed by atoms with Crippen molar-refractivity contribution in [1.29, 1.82) is 0 Å². The smallest absolute Gasteiger partial charge is 0.228 e. The maximum atomic E-state index is 5.73. The van der Waals surface area contributed by atoms with Gasteiger partial charge in [0.1, 0.15) is 5.60 Å². The molecule has 2 aliphatic carbocycles. The Morgan fingerprint density at radius 3 is 2.62 bits per heavy atom. The van der Waals surface area contributed by atoms with Crippen LogP contribution in [0.2, 0.25) is 0 Å². The van der Waals surface area contributed by atoms with Crippen molar-refractivity contribution >= 4 is 0 Å². The topological polar surface area (TPSA) is 60.2 Å². The van der Waals surface area contributed by atoms with Crippen LogP contribution in [-0.4, -0.2) is 30.3 Å². The van der Waals surface area contributed by atoms with Gasteiger partial charge in [0, 0.05) is 19.6 Å². The van der Waals surface area contributed by atoms with Gasteiger partial charge in [-0.1, -0.05) is 18.0 Å². The van der Waals surface area contributed by atoms with Crippen molar-refractivity contribution in [2.75, 3.05) is 14.2 Å². The van der Waals surface area contributed by atoms with Crippen molar-refractivity contribution in [2.24, 2.45) is 5.92 Å². The minimum atomic E-state index is -0.301. The number of hydrogen-bond acceptors (Lipinski definition) is 5. The first-order chi connectivity index (χ1) is 10.3. The molecular weight excluding hydrogens is 266 g/mol. The molecule has 21 heavy (non-hydrogen) atoms. The molecule has 2 saturated carbocycles. The van der Waals surface area contributed by atoms with Gasteiger partial charge in [-0.2, -0.15) is 4.98 Å². The molecular formula is C16H27N3O2. The van der Waals surface area contributed by atoms with Crippen LogP contribution in [-0.2, 0) is 16.8 Å². The normalized spacial score (nSPS) is 23.7. The molecule has 2 aliphatic rings. The van der Waals surface area contributed by atoms with E-state index in [-0.39, 0.29) is 5.60 Å². The van der Waals surface area contributed by atoms with Crippen LogP contribution in [0, 0.1) is 5.92 Å². The maximum Gasteiger partial charge on any atom is 0.228 e. The number of nitrogens with one attached hydrogen (secondary N) is 1. The third kappa shape index (κ3) is 2.99. The highest BCUT2D eigenvalue weighted by atomic mass is 16.5. The highest BCUT2D eigenvalue weighted by Gasteiger charge is 2.40. The SMILES string of the molecule is CNC(Cc1nc(C2(OC)CCCC2)no1)C1CCCC1. The van der Waals surface area contributed by atoms with Gasteiger partial charge in [0.15, 0.2) is 0 Å². The Bertz CT molecular complexity index is 448. The van der Waals surface area contributed by atoms with Gasteiger partial charge in [-0.05, 0) is 51.5 Å². The maximum absolute atomic E-state index is 5.73. The summed E-state index contributed by atoms with van der Waals surface area (Å²) in [6.07, 6.45) is 10.5. The summed E-state index contributed by atoms with van der Waals surface area (Å²) in [5, 5.41) is 7.65. The van der Waals surface area contributed by atoms with Crippen molar-refractivity contribution in [2.45, 2.75) is 69.4 Å². The number of rotatable bonds is 6. The van der Waals surface area contributed by atoms with E-state index in [1.165, 1.54) is 38.5 Å². The molecule has 0 aliphatic heterocycles. The Labute approximate surface area is 126 Å². The molecule has 0 radical (unpaired) electrons. The fraction of sp³-hybridized carbons (Fsp3) is 0.875. The van der Waals surface area contributed by atoms with E-state index in [1.54, 1.807) is 7.11 Å². The summed E-state index contributed by atoms with van der Waals surface area (Å²) in [6, 6.07) is 0.447. The molecule has 5 heteroatoms. The molecule has 1 atom stereocenters. The van der Waals surface area contributed by atoms with Crippen LogP contribution in [0.25, 0.3) is 0 Å². The Morgan fingerprint density at radius 2 is 2.00 bits per heavy atom. The minimum absolute atomic E-state index is 0.301. The Hall–Kier alpha value is -0.940. The highest BCUT2D eigenvalue weighted by Crippen LogP contribution is 2.40. The zero-order chi connectivity index (χ0) is 14.7. The van der Waals surface area contributed by atoms with Crippen LogP contribution >= 0.6 is 0 Å². The Kier molecular flexibility index (Phi) is 4.60. The number of methoxy groups -OCH3 is 1.